The van der Waals surface area contributed by atoms with Crippen molar-refractivity contribution in [1.82, 2.24) is 14.8 Å². The van der Waals surface area contributed by atoms with Crippen LogP contribution in [0.1, 0.15) is 34.6 Å². The molecule has 0 amide bonds. The van der Waals surface area contributed by atoms with E-state index in [1.807, 2.05) is 13.8 Å². The van der Waals surface area contributed by atoms with Gasteiger partial charge in [0.2, 0.25) is 0 Å². The minimum atomic E-state index is 0.0158. The van der Waals surface area contributed by atoms with Gasteiger partial charge in [-0.3, -0.25) is 4.79 Å². The molecule has 17 heavy (non-hydrogen) atoms. The van der Waals surface area contributed by atoms with E-state index in [1.165, 1.54) is 6.33 Å². The monoisotopic (exact) mass is 233 g/mol. The second-order valence-corrected chi connectivity index (χ2v) is 3.92. The number of carbonyl (C=O) groups is 1. The highest BCUT2D eigenvalue weighted by molar-refractivity contribution is 5.98. The van der Waals surface area contributed by atoms with E-state index >= 15 is 0 Å². The van der Waals surface area contributed by atoms with Crippen molar-refractivity contribution < 1.29 is 9.21 Å². The average Bonchev–Trinajstić information content (AvgIpc) is 2.84. The highest BCUT2D eigenvalue weighted by Crippen LogP contribution is 2.15. The van der Waals surface area contributed by atoms with Gasteiger partial charge in [-0.2, -0.15) is 5.10 Å². The van der Waals surface area contributed by atoms with Crippen molar-refractivity contribution in [2.45, 2.75) is 33.7 Å². The molecule has 0 N–H and O–H groups in total. The molecular weight excluding hydrogens is 218 g/mol. The van der Waals surface area contributed by atoms with Gasteiger partial charge >= 0.3 is 0 Å². The lowest BCUT2D eigenvalue weighted by Crippen LogP contribution is -2.11. The number of aromatic nitrogens is 3. The van der Waals surface area contributed by atoms with E-state index < -0.39 is 0 Å². The molecule has 0 aliphatic carbocycles. The molecule has 0 aromatic carbocycles. The molecule has 2 heterocycles. The first-order chi connectivity index (χ1) is 8.11. The molecule has 90 valence electrons. The van der Waals surface area contributed by atoms with Gasteiger partial charge < -0.3 is 4.42 Å². The van der Waals surface area contributed by atoms with E-state index in [0.29, 0.717) is 23.7 Å². The summed E-state index contributed by atoms with van der Waals surface area (Å²) in [6, 6.07) is 1.77. The van der Waals surface area contributed by atoms with Gasteiger partial charge in [0, 0.05) is 6.54 Å². The molecular formula is C12H15N3O2. The fourth-order valence-electron chi connectivity index (χ4n) is 1.84. The Morgan fingerprint density at radius 2 is 2.24 bits per heavy atom. The van der Waals surface area contributed by atoms with Crippen LogP contribution in [0.4, 0.5) is 0 Å². The Kier molecular flexibility index (Phi) is 3.08. The summed E-state index contributed by atoms with van der Waals surface area (Å²) >= 11 is 0. The number of Topliss-reactive ketones (excluding diaryl/α,β-unsaturated/α-hetero) is 1. The van der Waals surface area contributed by atoms with Crippen LogP contribution in [0.15, 0.2) is 16.8 Å². The normalized spacial score (nSPS) is 10.8. The predicted molar refractivity (Wildman–Crippen MR) is 61.9 cm³/mol. The van der Waals surface area contributed by atoms with Crippen molar-refractivity contribution in [2.75, 3.05) is 0 Å². The maximum absolute atomic E-state index is 12.1. The van der Waals surface area contributed by atoms with E-state index in [4.69, 9.17) is 4.42 Å². The zero-order chi connectivity index (χ0) is 12.4. The fraction of sp³-hybridized carbons (Fsp3) is 0.417. The molecule has 0 bridgehead atoms. The van der Waals surface area contributed by atoms with Crippen LogP contribution in [-0.2, 0) is 13.0 Å². The van der Waals surface area contributed by atoms with Crippen LogP contribution in [0.5, 0.6) is 0 Å². The SMILES string of the molecule is CCn1ncnc1CC(=O)c1cc(C)oc1C. The number of rotatable bonds is 4. The first-order valence-electron chi connectivity index (χ1n) is 5.58. The van der Waals surface area contributed by atoms with Crippen molar-refractivity contribution in [3.05, 3.63) is 35.3 Å². The molecule has 0 spiro atoms. The maximum Gasteiger partial charge on any atom is 0.173 e. The number of aryl methyl sites for hydroxylation is 3. The topological polar surface area (TPSA) is 60.9 Å². The van der Waals surface area contributed by atoms with Crippen molar-refractivity contribution in [3.63, 3.8) is 0 Å². The standard InChI is InChI=1S/C12H15N3O2/c1-4-15-12(13-7-14-15)6-11(16)10-5-8(2)17-9(10)3/h5,7H,4,6H2,1-3H3. The third-order valence-electron chi connectivity index (χ3n) is 2.66. The molecule has 0 saturated heterocycles. The Morgan fingerprint density at radius 3 is 2.82 bits per heavy atom. The second-order valence-electron chi connectivity index (χ2n) is 3.92. The summed E-state index contributed by atoms with van der Waals surface area (Å²) in [4.78, 5) is 16.2. The zero-order valence-electron chi connectivity index (χ0n) is 10.2. The molecule has 0 aliphatic rings. The molecule has 0 atom stereocenters. The van der Waals surface area contributed by atoms with E-state index in [9.17, 15) is 4.79 Å². The summed E-state index contributed by atoms with van der Waals surface area (Å²) < 4.78 is 7.07. The van der Waals surface area contributed by atoms with Crippen LogP contribution in [0.2, 0.25) is 0 Å². The minimum Gasteiger partial charge on any atom is -0.466 e. The Bertz CT molecular complexity index is 540. The molecule has 0 radical (unpaired) electrons. The second kappa shape index (κ2) is 4.53. The number of hydrogen-bond acceptors (Lipinski definition) is 4. The first kappa shape index (κ1) is 11.6. The molecule has 2 aromatic rings. The molecule has 0 fully saturated rings. The van der Waals surface area contributed by atoms with Crippen LogP contribution in [-0.4, -0.2) is 20.5 Å². The van der Waals surface area contributed by atoms with E-state index in [1.54, 1.807) is 17.7 Å². The third-order valence-corrected chi connectivity index (χ3v) is 2.66. The lowest BCUT2D eigenvalue weighted by molar-refractivity contribution is 0.0988. The summed E-state index contributed by atoms with van der Waals surface area (Å²) in [7, 11) is 0. The quantitative estimate of drug-likeness (QED) is 0.757. The Morgan fingerprint density at radius 1 is 1.47 bits per heavy atom. The van der Waals surface area contributed by atoms with Crippen LogP contribution in [0.25, 0.3) is 0 Å². The largest absolute Gasteiger partial charge is 0.466 e. The van der Waals surface area contributed by atoms with Gasteiger partial charge in [-0.05, 0) is 26.8 Å². The minimum absolute atomic E-state index is 0.0158. The number of carbonyl (C=O) groups excluding carboxylic acids is 1. The Labute approximate surface area is 99.5 Å². The highest BCUT2D eigenvalue weighted by atomic mass is 16.3. The van der Waals surface area contributed by atoms with E-state index in [2.05, 4.69) is 10.1 Å². The molecule has 0 aliphatic heterocycles. The van der Waals surface area contributed by atoms with Crippen molar-refractivity contribution in [1.29, 1.82) is 0 Å². The molecule has 5 heteroatoms. The van der Waals surface area contributed by atoms with Gasteiger partial charge in [-0.25, -0.2) is 9.67 Å². The van der Waals surface area contributed by atoms with Crippen LogP contribution in [0, 0.1) is 13.8 Å². The molecule has 2 aromatic heterocycles. The van der Waals surface area contributed by atoms with Gasteiger partial charge in [0.25, 0.3) is 0 Å². The van der Waals surface area contributed by atoms with Gasteiger partial charge in [0.05, 0.1) is 12.0 Å². The third kappa shape index (κ3) is 2.27. The lowest BCUT2D eigenvalue weighted by Gasteiger charge is -2.01. The number of furan rings is 1. The van der Waals surface area contributed by atoms with Gasteiger partial charge in [0.1, 0.15) is 23.7 Å². The molecule has 0 saturated carbocycles. The van der Waals surface area contributed by atoms with Crippen molar-refractivity contribution >= 4 is 5.78 Å². The molecule has 0 unspecified atom stereocenters. The average molecular weight is 233 g/mol. The van der Waals surface area contributed by atoms with Crippen molar-refractivity contribution in [2.24, 2.45) is 0 Å². The highest BCUT2D eigenvalue weighted by Gasteiger charge is 2.16. The number of ketones is 1. The Balaban J connectivity index is 2.20. The van der Waals surface area contributed by atoms with Crippen LogP contribution < -0.4 is 0 Å². The van der Waals surface area contributed by atoms with E-state index in [-0.39, 0.29) is 12.2 Å². The lowest BCUT2D eigenvalue weighted by atomic mass is 10.1. The zero-order valence-corrected chi connectivity index (χ0v) is 10.2. The number of hydrogen-bond donors (Lipinski definition) is 0. The Hall–Kier alpha value is -1.91. The maximum atomic E-state index is 12.1. The van der Waals surface area contributed by atoms with Gasteiger partial charge in [0.15, 0.2) is 5.78 Å². The summed E-state index contributed by atoms with van der Waals surface area (Å²) in [5.41, 5.74) is 0.633. The first-order valence-corrected chi connectivity index (χ1v) is 5.58. The van der Waals surface area contributed by atoms with Crippen molar-refractivity contribution in [3.8, 4) is 0 Å². The smallest absolute Gasteiger partial charge is 0.173 e. The number of nitrogens with zero attached hydrogens (tertiary/aromatic N) is 3. The van der Waals surface area contributed by atoms with E-state index in [0.717, 1.165) is 5.76 Å². The molecule has 5 nitrogen and oxygen atoms in total. The summed E-state index contributed by atoms with van der Waals surface area (Å²) in [6.07, 6.45) is 1.73. The summed E-state index contributed by atoms with van der Waals surface area (Å²) in [5, 5.41) is 4.04. The fourth-order valence-corrected chi connectivity index (χ4v) is 1.84. The van der Waals surface area contributed by atoms with Gasteiger partial charge in [-0.1, -0.05) is 0 Å². The predicted octanol–water partition coefficient (Wildman–Crippen LogP) is 1.93. The van der Waals surface area contributed by atoms with Gasteiger partial charge in [-0.15, -0.1) is 0 Å². The summed E-state index contributed by atoms with van der Waals surface area (Å²) in [6.45, 7) is 6.31. The van der Waals surface area contributed by atoms with Crippen LogP contribution >= 0.6 is 0 Å². The summed E-state index contributed by atoms with van der Waals surface area (Å²) in [5.74, 6) is 2.12. The van der Waals surface area contributed by atoms with Crippen LogP contribution in [0.3, 0.4) is 0 Å². The molecule has 2 rings (SSSR count).